The van der Waals surface area contributed by atoms with Gasteiger partial charge in [0.05, 0.1) is 12.3 Å². The van der Waals surface area contributed by atoms with Crippen molar-refractivity contribution in [1.82, 2.24) is 30.7 Å². The lowest BCUT2D eigenvalue weighted by molar-refractivity contribution is -0.125. The highest BCUT2D eigenvalue weighted by atomic mass is 19.3. The standard InChI is InChI=1S/C43H54F2N10O5.CH2O/c1-6-32-38(15-18-47-4)55(31-16-20-60-21-17-31)52-41(32)53(5)19-7-8-29-10-12-33(40(44)45)36(22-29)37(24-48-25-46)50-51-42(58)30-11-13-34-35(23-30)28(3)54(43(34)59)27(2)9-14-39(57)49-26-56;1-2/h10-13,22-27,31,40,46-47H,3,6-9,14-21H2,1-2,4-5H3,(H,51,58)(H,49,56,57);1H2/b46-25?,48-24?,50-37+;. The van der Waals surface area contributed by atoms with Crippen LogP contribution in [0.25, 0.3) is 5.70 Å². The first-order valence-corrected chi connectivity index (χ1v) is 20.5. The molecule has 0 saturated carbocycles. The zero-order valence-electron chi connectivity index (χ0n) is 35.7. The fourth-order valence-electron chi connectivity index (χ4n) is 7.70. The Kier molecular flexibility index (Phi) is 18.5. The largest absolute Gasteiger partial charge is 0.381 e. The molecule has 3 heterocycles. The molecule has 62 heavy (non-hydrogen) atoms. The number of hydrazone groups is 1. The number of ether oxygens (including phenoxy) is 1. The number of amides is 4. The number of alkyl halides is 2. The third-order valence-electron chi connectivity index (χ3n) is 10.9. The fraction of sp³-hybridized carbons (Fsp3) is 0.432. The van der Waals surface area contributed by atoms with Crippen molar-refractivity contribution in [2.24, 2.45) is 10.1 Å². The van der Waals surface area contributed by atoms with E-state index in [4.69, 9.17) is 20.0 Å². The summed E-state index contributed by atoms with van der Waals surface area (Å²) in [6.07, 6.45) is 4.36. The van der Waals surface area contributed by atoms with Gasteiger partial charge in [-0.2, -0.15) is 10.2 Å². The van der Waals surface area contributed by atoms with Crippen molar-refractivity contribution < 1.29 is 37.5 Å². The third kappa shape index (κ3) is 11.8. The Morgan fingerprint density at radius 3 is 2.53 bits per heavy atom. The van der Waals surface area contributed by atoms with Crippen molar-refractivity contribution in [3.8, 4) is 0 Å². The van der Waals surface area contributed by atoms with E-state index in [0.717, 1.165) is 56.2 Å². The van der Waals surface area contributed by atoms with Gasteiger partial charge in [0.25, 0.3) is 18.2 Å². The molecule has 1 unspecified atom stereocenters. The maximum Gasteiger partial charge on any atom is 0.271 e. The first kappa shape index (κ1) is 48.4. The number of nitrogens with zero attached hydrogens (tertiary/aromatic N) is 6. The van der Waals surface area contributed by atoms with Crippen molar-refractivity contribution in [2.75, 3.05) is 45.3 Å². The highest BCUT2D eigenvalue weighted by Gasteiger charge is 2.35. The molecule has 4 N–H and O–H groups in total. The van der Waals surface area contributed by atoms with Gasteiger partial charge in [0, 0.05) is 97.0 Å². The van der Waals surface area contributed by atoms with Crippen LogP contribution in [0.15, 0.2) is 53.1 Å². The molecule has 1 aromatic heterocycles. The molecule has 2 aromatic carbocycles. The van der Waals surface area contributed by atoms with E-state index in [2.05, 4.69) is 49.2 Å². The number of anilines is 1. The first-order valence-electron chi connectivity index (χ1n) is 20.5. The molecule has 0 spiro atoms. The second-order valence-electron chi connectivity index (χ2n) is 14.8. The summed E-state index contributed by atoms with van der Waals surface area (Å²) < 4.78 is 36.7. The Hall–Kier alpha value is -6.27. The van der Waals surface area contributed by atoms with Gasteiger partial charge in [-0.3, -0.25) is 34.6 Å². The molecule has 0 bridgehead atoms. The van der Waals surface area contributed by atoms with Crippen LogP contribution in [0, 0.1) is 5.41 Å². The summed E-state index contributed by atoms with van der Waals surface area (Å²) in [6.45, 7) is 12.9. The average Bonchev–Trinajstić information content (AvgIpc) is 3.78. The van der Waals surface area contributed by atoms with Crippen LogP contribution in [0.1, 0.15) is 113 Å². The highest BCUT2D eigenvalue weighted by Crippen LogP contribution is 2.35. The molecular formula is C44H56F2N10O6. The van der Waals surface area contributed by atoms with E-state index in [1.165, 1.54) is 40.4 Å². The number of nitrogens with one attached hydrogen (secondary N) is 4. The number of aliphatic imine (C=N–C) groups is 1. The zero-order valence-corrected chi connectivity index (χ0v) is 35.7. The molecule has 1 saturated heterocycles. The second kappa shape index (κ2) is 23.7. The molecular weight excluding hydrogens is 803 g/mol. The minimum atomic E-state index is -2.87. The van der Waals surface area contributed by atoms with Gasteiger partial charge < -0.3 is 24.6 Å². The van der Waals surface area contributed by atoms with Crippen LogP contribution >= 0.6 is 0 Å². The number of hydrogen-bond acceptors (Lipinski definition) is 11. The van der Waals surface area contributed by atoms with Gasteiger partial charge in [-0.05, 0) is 82.3 Å². The molecule has 1 atom stereocenters. The van der Waals surface area contributed by atoms with Crippen LogP contribution < -0.4 is 21.0 Å². The third-order valence-corrected chi connectivity index (χ3v) is 10.9. The molecule has 1 fully saturated rings. The topological polar surface area (TPSA) is 204 Å². The van der Waals surface area contributed by atoms with E-state index in [-0.39, 0.29) is 47.2 Å². The number of aromatic nitrogens is 2. The van der Waals surface area contributed by atoms with Crippen molar-refractivity contribution in [3.63, 3.8) is 0 Å². The Morgan fingerprint density at radius 2 is 1.87 bits per heavy atom. The summed E-state index contributed by atoms with van der Waals surface area (Å²) >= 11 is 0. The minimum Gasteiger partial charge on any atom is -0.381 e. The fourth-order valence-corrected chi connectivity index (χ4v) is 7.70. The van der Waals surface area contributed by atoms with E-state index >= 15 is 0 Å². The molecule has 16 nitrogen and oxygen atoms in total. The summed E-state index contributed by atoms with van der Waals surface area (Å²) in [5.74, 6) is -0.562. The molecule has 18 heteroatoms. The lowest BCUT2D eigenvalue weighted by Crippen LogP contribution is -2.33. The predicted octanol–water partition coefficient (Wildman–Crippen LogP) is 5.06. The Labute approximate surface area is 360 Å². The van der Waals surface area contributed by atoms with E-state index < -0.39 is 24.3 Å². The van der Waals surface area contributed by atoms with Gasteiger partial charge in [0.15, 0.2) is 5.82 Å². The van der Waals surface area contributed by atoms with Crippen LogP contribution in [-0.2, 0) is 38.4 Å². The number of imide groups is 1. The molecule has 0 radical (unpaired) electrons. The number of rotatable bonds is 21. The lowest BCUT2D eigenvalue weighted by atomic mass is 9.98. The second-order valence-corrected chi connectivity index (χ2v) is 14.8. The van der Waals surface area contributed by atoms with Crippen LogP contribution in [0.4, 0.5) is 14.6 Å². The quantitative estimate of drug-likeness (QED) is 0.0489. The van der Waals surface area contributed by atoms with Gasteiger partial charge in [0.1, 0.15) is 18.8 Å². The zero-order chi connectivity index (χ0) is 45.3. The van der Waals surface area contributed by atoms with Gasteiger partial charge >= 0.3 is 0 Å². The van der Waals surface area contributed by atoms with Crippen molar-refractivity contribution >= 4 is 60.7 Å². The number of carbonyl (C=O) groups excluding carboxylic acids is 5. The van der Waals surface area contributed by atoms with Gasteiger partial charge in [0.2, 0.25) is 12.3 Å². The molecule has 2 aliphatic rings. The van der Waals surface area contributed by atoms with Crippen molar-refractivity contribution in [3.05, 3.63) is 87.6 Å². The van der Waals surface area contributed by atoms with Crippen LogP contribution in [0.5, 0.6) is 0 Å². The Morgan fingerprint density at radius 1 is 1.13 bits per heavy atom. The summed E-state index contributed by atoms with van der Waals surface area (Å²) in [7, 11) is 3.97. The average molecular weight is 859 g/mol. The van der Waals surface area contributed by atoms with E-state index in [1.807, 2.05) is 20.9 Å². The van der Waals surface area contributed by atoms with Gasteiger partial charge in [-0.1, -0.05) is 25.6 Å². The van der Waals surface area contributed by atoms with Crippen molar-refractivity contribution in [1.29, 1.82) is 5.41 Å². The highest BCUT2D eigenvalue weighted by molar-refractivity contribution is 6.39. The van der Waals surface area contributed by atoms with E-state index in [0.29, 0.717) is 55.8 Å². The number of benzene rings is 2. The Bertz CT molecular complexity index is 2150. The molecule has 4 amide bonds. The van der Waals surface area contributed by atoms with Gasteiger partial charge in [-0.25, -0.2) is 19.2 Å². The normalized spacial score (nSPS) is 14.7. The molecule has 3 aromatic rings. The smallest absolute Gasteiger partial charge is 0.271 e. The number of aryl methyl sites for hydroxylation is 1. The molecule has 0 aliphatic carbocycles. The summed E-state index contributed by atoms with van der Waals surface area (Å²) in [5.41, 5.74) is 6.51. The van der Waals surface area contributed by atoms with Gasteiger partial charge in [-0.15, -0.1) is 0 Å². The molecule has 5 rings (SSSR count). The number of halogens is 2. The van der Waals surface area contributed by atoms with E-state index in [1.54, 1.807) is 19.1 Å². The number of carbonyl (C=O) groups is 5. The lowest BCUT2D eigenvalue weighted by Gasteiger charge is -2.25. The SMILES string of the molecule is C=C1c2cc(C(=O)N/N=C(\C=NC=N)c3cc(CCCN(C)c4nn(C5CCOCC5)c(CCNC)c4CC)ccc3C(F)F)ccc2C(=O)N1C(C)CCC(=O)NC=O.C=O. The van der Waals surface area contributed by atoms with Crippen LogP contribution in [-0.4, -0.2) is 110 Å². The van der Waals surface area contributed by atoms with E-state index in [9.17, 15) is 28.0 Å². The van der Waals surface area contributed by atoms with Crippen molar-refractivity contribution in [2.45, 2.75) is 83.7 Å². The molecule has 332 valence electrons. The first-order chi connectivity index (χ1) is 29.9. The number of likely N-dealkylation sites (N-methyl/N-ethyl adjacent to an activating group) is 1. The number of hydrogen-bond donors (Lipinski definition) is 4. The molecule has 2 aliphatic heterocycles. The van der Waals surface area contributed by atoms with Crippen LogP contribution in [0.2, 0.25) is 0 Å². The monoisotopic (exact) mass is 858 g/mol. The number of fused-ring (bicyclic) bond motifs is 1. The summed E-state index contributed by atoms with van der Waals surface area (Å²) in [6, 6.07) is 8.88. The maximum atomic E-state index is 14.4. The predicted molar refractivity (Wildman–Crippen MR) is 234 cm³/mol. The summed E-state index contributed by atoms with van der Waals surface area (Å²) in [5, 5.41) is 22.1. The minimum absolute atomic E-state index is 0.0124. The Balaban J connectivity index is 0.00000416. The summed E-state index contributed by atoms with van der Waals surface area (Å²) in [4.78, 5) is 64.5. The maximum absolute atomic E-state index is 14.4. The van der Waals surface area contributed by atoms with Crippen LogP contribution in [0.3, 0.4) is 0 Å².